The van der Waals surface area contributed by atoms with Crippen molar-refractivity contribution in [2.75, 3.05) is 18.0 Å². The Balaban J connectivity index is 1.68. The third kappa shape index (κ3) is 3.79. The molecule has 2 N–H and O–H groups in total. The Morgan fingerprint density at radius 3 is 2.91 bits per heavy atom. The van der Waals surface area contributed by atoms with Crippen molar-refractivity contribution in [2.24, 2.45) is 0 Å². The lowest BCUT2D eigenvalue weighted by Gasteiger charge is -2.36. The van der Waals surface area contributed by atoms with E-state index >= 15 is 0 Å². The summed E-state index contributed by atoms with van der Waals surface area (Å²) in [5.74, 6) is 1.31. The van der Waals surface area contributed by atoms with E-state index in [1.54, 1.807) is 12.3 Å². The fourth-order valence-corrected chi connectivity index (χ4v) is 3.28. The molecule has 2 aromatic rings. The van der Waals surface area contributed by atoms with Crippen molar-refractivity contribution in [3.63, 3.8) is 0 Å². The maximum absolute atomic E-state index is 10.1. The predicted molar refractivity (Wildman–Crippen MR) is 91.5 cm³/mol. The smallest absolute Gasteiger partial charge is 0.151 e. The van der Waals surface area contributed by atoms with E-state index in [1.165, 1.54) is 0 Å². The summed E-state index contributed by atoms with van der Waals surface area (Å²) in [6, 6.07) is 12.1. The van der Waals surface area contributed by atoms with E-state index in [0.29, 0.717) is 11.8 Å². The molecule has 1 aliphatic heterocycles. The Kier molecular flexibility index (Phi) is 5.08. The van der Waals surface area contributed by atoms with Crippen LogP contribution in [0, 0.1) is 0 Å². The molecule has 5 nitrogen and oxygen atoms in total. The zero-order valence-corrected chi connectivity index (χ0v) is 13.5. The molecule has 23 heavy (non-hydrogen) atoms. The molecule has 1 saturated heterocycles. The summed E-state index contributed by atoms with van der Waals surface area (Å²) < 4.78 is 0. The molecule has 1 aliphatic rings. The van der Waals surface area contributed by atoms with Crippen LogP contribution in [-0.2, 0) is 0 Å². The molecule has 0 spiro atoms. The highest BCUT2D eigenvalue weighted by molar-refractivity contribution is 5.38. The van der Waals surface area contributed by atoms with Crippen molar-refractivity contribution in [3.05, 3.63) is 48.2 Å². The summed E-state index contributed by atoms with van der Waals surface area (Å²) in [6.45, 7) is 4.08. The Bertz CT molecular complexity index is 619. The van der Waals surface area contributed by atoms with Gasteiger partial charge in [-0.3, -0.25) is 0 Å². The number of benzene rings is 1. The molecule has 2 heterocycles. The first-order valence-corrected chi connectivity index (χ1v) is 8.34. The van der Waals surface area contributed by atoms with Crippen LogP contribution in [-0.4, -0.2) is 34.4 Å². The van der Waals surface area contributed by atoms with Gasteiger partial charge in [0.25, 0.3) is 0 Å². The molecule has 3 rings (SSSR count). The molecular weight excluding hydrogens is 288 g/mol. The first kappa shape index (κ1) is 15.7. The summed E-state index contributed by atoms with van der Waals surface area (Å²) in [5, 5.41) is 22.0. The van der Waals surface area contributed by atoms with Crippen molar-refractivity contribution >= 4 is 5.82 Å². The minimum atomic E-state index is 0.169. The van der Waals surface area contributed by atoms with Crippen LogP contribution in [0.15, 0.2) is 42.6 Å². The molecule has 1 aromatic heterocycles. The lowest BCUT2D eigenvalue weighted by atomic mass is 9.99. The number of hydrogen-bond donors (Lipinski definition) is 2. The molecule has 122 valence electrons. The maximum Gasteiger partial charge on any atom is 0.151 e. The van der Waals surface area contributed by atoms with Crippen molar-refractivity contribution < 1.29 is 5.11 Å². The second-order valence-corrected chi connectivity index (χ2v) is 6.05. The summed E-state index contributed by atoms with van der Waals surface area (Å²) >= 11 is 0. The lowest BCUT2D eigenvalue weighted by Crippen LogP contribution is -2.47. The van der Waals surface area contributed by atoms with Crippen LogP contribution >= 0.6 is 0 Å². The highest BCUT2D eigenvalue weighted by Gasteiger charge is 2.24. The predicted octanol–water partition coefficient (Wildman–Crippen LogP) is 2.89. The van der Waals surface area contributed by atoms with Crippen LogP contribution in [0.3, 0.4) is 0 Å². The Labute approximate surface area is 137 Å². The quantitative estimate of drug-likeness (QED) is 0.889. The molecule has 0 radical (unpaired) electrons. The second-order valence-electron chi connectivity index (χ2n) is 6.05. The van der Waals surface area contributed by atoms with Crippen LogP contribution < -0.4 is 10.2 Å². The summed E-state index contributed by atoms with van der Waals surface area (Å²) in [7, 11) is 0. The van der Waals surface area contributed by atoms with Gasteiger partial charge in [-0.05, 0) is 37.5 Å². The number of aromatic nitrogens is 2. The number of nitrogens with one attached hydrogen (secondary N) is 1. The fraction of sp³-hybridized carbons (Fsp3) is 0.444. The molecule has 1 aromatic carbocycles. The van der Waals surface area contributed by atoms with Gasteiger partial charge in [-0.2, -0.15) is 5.10 Å². The molecule has 5 heteroatoms. The largest absolute Gasteiger partial charge is 0.508 e. The van der Waals surface area contributed by atoms with Crippen LogP contribution in [0.1, 0.15) is 37.8 Å². The number of phenolic OH excluding ortho intramolecular Hbond substituents is 1. The van der Waals surface area contributed by atoms with Gasteiger partial charge < -0.3 is 15.3 Å². The lowest BCUT2D eigenvalue weighted by molar-refractivity contribution is 0.361. The van der Waals surface area contributed by atoms with Crippen LogP contribution in [0.25, 0.3) is 0 Å². The fourth-order valence-electron chi connectivity index (χ4n) is 3.28. The summed E-state index contributed by atoms with van der Waals surface area (Å²) in [5.41, 5.74) is 0.978. The van der Waals surface area contributed by atoms with Crippen molar-refractivity contribution in [2.45, 2.75) is 38.3 Å². The molecule has 0 saturated carbocycles. The molecule has 0 unspecified atom stereocenters. The number of nitrogens with zero attached hydrogens (tertiary/aromatic N) is 3. The van der Waals surface area contributed by atoms with E-state index in [1.807, 2.05) is 30.3 Å². The van der Waals surface area contributed by atoms with Gasteiger partial charge in [0.2, 0.25) is 0 Å². The van der Waals surface area contributed by atoms with E-state index < -0.39 is 0 Å². The monoisotopic (exact) mass is 312 g/mol. The number of phenols is 1. The Hall–Kier alpha value is -2.14. The summed E-state index contributed by atoms with van der Waals surface area (Å²) in [6.07, 6.45) is 4.92. The van der Waals surface area contributed by atoms with Gasteiger partial charge in [0.05, 0.1) is 0 Å². The molecule has 1 fully saturated rings. The van der Waals surface area contributed by atoms with Crippen LogP contribution in [0.2, 0.25) is 0 Å². The van der Waals surface area contributed by atoms with Gasteiger partial charge in [0, 0.05) is 36.9 Å². The van der Waals surface area contributed by atoms with E-state index in [-0.39, 0.29) is 6.04 Å². The molecule has 0 bridgehead atoms. The van der Waals surface area contributed by atoms with E-state index in [0.717, 1.165) is 43.7 Å². The summed E-state index contributed by atoms with van der Waals surface area (Å²) in [4.78, 5) is 2.28. The topological polar surface area (TPSA) is 61.3 Å². The Morgan fingerprint density at radius 1 is 1.30 bits per heavy atom. The second kappa shape index (κ2) is 7.42. The first-order chi connectivity index (χ1) is 11.3. The van der Waals surface area contributed by atoms with E-state index in [4.69, 9.17) is 0 Å². The minimum absolute atomic E-state index is 0.169. The molecular formula is C18H24N4O. The van der Waals surface area contributed by atoms with Gasteiger partial charge >= 0.3 is 0 Å². The van der Waals surface area contributed by atoms with E-state index in [2.05, 4.69) is 27.3 Å². The number of rotatable bonds is 5. The molecule has 0 aliphatic carbocycles. The number of hydrogen-bond acceptors (Lipinski definition) is 5. The van der Waals surface area contributed by atoms with Crippen molar-refractivity contribution in [1.82, 2.24) is 15.5 Å². The average Bonchev–Trinajstić information content (AvgIpc) is 2.61. The average molecular weight is 312 g/mol. The van der Waals surface area contributed by atoms with Gasteiger partial charge in [-0.25, -0.2) is 0 Å². The standard InChI is InChI=1S/C18H24N4O/c1-2-16(15-8-3-4-9-17(15)23)20-14-7-6-12-22(13-14)18-10-5-11-19-21-18/h3-5,8-11,14,16,20,23H,2,6-7,12-13H2,1H3/t14-,16-/m0/s1. The van der Waals surface area contributed by atoms with Gasteiger partial charge in [-0.15, -0.1) is 5.10 Å². The third-order valence-electron chi connectivity index (χ3n) is 4.46. The van der Waals surface area contributed by atoms with Crippen LogP contribution in [0.5, 0.6) is 5.75 Å². The SMILES string of the molecule is CC[C@H](N[C@H]1CCCN(c2cccnn2)C1)c1ccccc1O. The van der Waals surface area contributed by atoms with Gasteiger partial charge in [0.15, 0.2) is 5.82 Å². The van der Waals surface area contributed by atoms with Crippen LogP contribution in [0.4, 0.5) is 5.82 Å². The van der Waals surface area contributed by atoms with Gasteiger partial charge in [0.1, 0.15) is 5.75 Å². The number of anilines is 1. The number of aromatic hydroxyl groups is 1. The highest BCUT2D eigenvalue weighted by atomic mass is 16.3. The Morgan fingerprint density at radius 2 is 2.17 bits per heavy atom. The minimum Gasteiger partial charge on any atom is -0.508 e. The highest BCUT2D eigenvalue weighted by Crippen LogP contribution is 2.27. The number of para-hydroxylation sites is 1. The van der Waals surface area contributed by atoms with Gasteiger partial charge in [-0.1, -0.05) is 25.1 Å². The van der Waals surface area contributed by atoms with Crippen molar-refractivity contribution in [3.8, 4) is 5.75 Å². The normalized spacial score (nSPS) is 19.5. The van der Waals surface area contributed by atoms with E-state index in [9.17, 15) is 5.11 Å². The van der Waals surface area contributed by atoms with Crippen molar-refractivity contribution in [1.29, 1.82) is 0 Å². The molecule has 2 atom stereocenters. The zero-order valence-electron chi connectivity index (χ0n) is 13.5. The maximum atomic E-state index is 10.1. The molecule has 0 amide bonds. The zero-order chi connectivity index (χ0) is 16.1. The third-order valence-corrected chi connectivity index (χ3v) is 4.46. The first-order valence-electron chi connectivity index (χ1n) is 8.34. The number of piperidine rings is 1.